The Bertz CT molecular complexity index is 421. The zero-order chi connectivity index (χ0) is 13.4. The normalized spacial score (nSPS) is 22.9. The van der Waals surface area contributed by atoms with E-state index in [0.717, 1.165) is 19.6 Å². The van der Waals surface area contributed by atoms with Crippen LogP contribution in [0.2, 0.25) is 0 Å². The first kappa shape index (κ1) is 13.6. The molecule has 2 nitrogen and oxygen atoms in total. The van der Waals surface area contributed by atoms with Crippen LogP contribution < -0.4 is 5.32 Å². The van der Waals surface area contributed by atoms with Crippen molar-refractivity contribution in [3.05, 3.63) is 35.4 Å². The zero-order valence-corrected chi connectivity index (χ0v) is 12.4. The van der Waals surface area contributed by atoms with Crippen LogP contribution in [-0.2, 0) is 6.54 Å². The summed E-state index contributed by atoms with van der Waals surface area (Å²) in [4.78, 5) is 2.60. The van der Waals surface area contributed by atoms with Gasteiger partial charge >= 0.3 is 0 Å². The molecule has 1 saturated heterocycles. The van der Waals surface area contributed by atoms with Crippen LogP contribution in [0.4, 0.5) is 0 Å². The SMILES string of the molecule is Cc1ccccc1CN1CC(C)(C)NCC1(C)C. The Morgan fingerprint density at radius 3 is 2.50 bits per heavy atom. The second-order valence-corrected chi connectivity index (χ2v) is 6.83. The van der Waals surface area contributed by atoms with Crippen LogP contribution in [0.5, 0.6) is 0 Å². The minimum Gasteiger partial charge on any atom is -0.309 e. The van der Waals surface area contributed by atoms with Crippen molar-refractivity contribution in [2.45, 2.75) is 52.2 Å². The van der Waals surface area contributed by atoms with Crippen LogP contribution in [-0.4, -0.2) is 29.1 Å². The van der Waals surface area contributed by atoms with E-state index in [1.165, 1.54) is 11.1 Å². The summed E-state index contributed by atoms with van der Waals surface area (Å²) >= 11 is 0. The number of hydrogen-bond acceptors (Lipinski definition) is 2. The fourth-order valence-electron chi connectivity index (χ4n) is 2.58. The van der Waals surface area contributed by atoms with Crippen molar-refractivity contribution in [3.63, 3.8) is 0 Å². The topological polar surface area (TPSA) is 15.3 Å². The quantitative estimate of drug-likeness (QED) is 0.863. The predicted octanol–water partition coefficient (Wildman–Crippen LogP) is 2.96. The third kappa shape index (κ3) is 2.93. The van der Waals surface area contributed by atoms with Crippen molar-refractivity contribution in [2.24, 2.45) is 0 Å². The molecule has 0 atom stereocenters. The molecule has 0 unspecified atom stereocenters. The van der Waals surface area contributed by atoms with E-state index >= 15 is 0 Å². The molecule has 100 valence electrons. The van der Waals surface area contributed by atoms with Gasteiger partial charge < -0.3 is 5.32 Å². The van der Waals surface area contributed by atoms with Crippen LogP contribution in [0.15, 0.2) is 24.3 Å². The molecule has 1 aromatic carbocycles. The van der Waals surface area contributed by atoms with E-state index in [0.29, 0.717) is 0 Å². The Labute approximate surface area is 111 Å². The zero-order valence-electron chi connectivity index (χ0n) is 12.4. The molecule has 1 aliphatic rings. The molecule has 0 spiro atoms. The molecule has 0 aromatic heterocycles. The van der Waals surface area contributed by atoms with E-state index in [2.05, 4.69) is 69.1 Å². The van der Waals surface area contributed by atoms with Crippen molar-refractivity contribution in [1.29, 1.82) is 0 Å². The van der Waals surface area contributed by atoms with Crippen molar-refractivity contribution in [3.8, 4) is 0 Å². The van der Waals surface area contributed by atoms with E-state index in [-0.39, 0.29) is 11.1 Å². The fourth-order valence-corrected chi connectivity index (χ4v) is 2.58. The highest BCUT2D eigenvalue weighted by atomic mass is 15.3. The van der Waals surface area contributed by atoms with E-state index in [1.54, 1.807) is 0 Å². The molecule has 1 aliphatic heterocycles. The number of rotatable bonds is 2. The minimum atomic E-state index is 0.207. The second kappa shape index (κ2) is 4.67. The van der Waals surface area contributed by atoms with Crippen molar-refractivity contribution in [1.82, 2.24) is 10.2 Å². The minimum absolute atomic E-state index is 0.207. The molecule has 1 N–H and O–H groups in total. The van der Waals surface area contributed by atoms with Gasteiger partial charge in [0, 0.05) is 30.7 Å². The molecule has 2 heteroatoms. The van der Waals surface area contributed by atoms with E-state index in [4.69, 9.17) is 0 Å². The van der Waals surface area contributed by atoms with Crippen LogP contribution >= 0.6 is 0 Å². The average Bonchev–Trinajstić information content (AvgIpc) is 2.27. The Morgan fingerprint density at radius 1 is 1.17 bits per heavy atom. The van der Waals surface area contributed by atoms with Crippen molar-refractivity contribution >= 4 is 0 Å². The summed E-state index contributed by atoms with van der Waals surface area (Å²) in [6.07, 6.45) is 0. The lowest BCUT2D eigenvalue weighted by Gasteiger charge is -2.49. The molecule has 1 fully saturated rings. The molecule has 0 amide bonds. The predicted molar refractivity (Wildman–Crippen MR) is 77.7 cm³/mol. The maximum absolute atomic E-state index is 3.64. The molecule has 1 heterocycles. The lowest BCUT2D eigenvalue weighted by atomic mass is 9.90. The van der Waals surface area contributed by atoms with Gasteiger partial charge in [0.05, 0.1) is 0 Å². The summed E-state index contributed by atoms with van der Waals surface area (Å²) in [5.74, 6) is 0. The highest BCUT2D eigenvalue weighted by Crippen LogP contribution is 2.26. The first-order valence-corrected chi connectivity index (χ1v) is 6.85. The fraction of sp³-hybridized carbons (Fsp3) is 0.625. The Balaban J connectivity index is 2.18. The third-order valence-corrected chi connectivity index (χ3v) is 4.06. The molecule has 18 heavy (non-hydrogen) atoms. The number of benzene rings is 1. The number of nitrogens with one attached hydrogen (secondary N) is 1. The average molecular weight is 246 g/mol. The molecular weight excluding hydrogens is 220 g/mol. The summed E-state index contributed by atoms with van der Waals surface area (Å²) in [5, 5.41) is 3.64. The smallest absolute Gasteiger partial charge is 0.0282 e. The van der Waals surface area contributed by atoms with Gasteiger partial charge in [-0.05, 0) is 45.7 Å². The van der Waals surface area contributed by atoms with Crippen molar-refractivity contribution < 1.29 is 0 Å². The summed E-state index contributed by atoms with van der Waals surface area (Å²) in [6.45, 7) is 14.6. The Kier molecular flexibility index (Phi) is 3.52. The largest absolute Gasteiger partial charge is 0.309 e. The van der Waals surface area contributed by atoms with Gasteiger partial charge in [0.2, 0.25) is 0 Å². The first-order valence-electron chi connectivity index (χ1n) is 6.85. The maximum atomic E-state index is 3.64. The number of piperazine rings is 1. The van der Waals surface area contributed by atoms with Gasteiger partial charge in [-0.2, -0.15) is 0 Å². The summed E-state index contributed by atoms with van der Waals surface area (Å²) in [6, 6.07) is 8.71. The molecule has 0 radical (unpaired) electrons. The van der Waals surface area contributed by atoms with E-state index in [9.17, 15) is 0 Å². The monoisotopic (exact) mass is 246 g/mol. The van der Waals surface area contributed by atoms with Gasteiger partial charge in [-0.1, -0.05) is 24.3 Å². The lowest BCUT2D eigenvalue weighted by Crippen LogP contribution is -2.65. The highest BCUT2D eigenvalue weighted by molar-refractivity contribution is 5.25. The number of nitrogens with zero attached hydrogens (tertiary/aromatic N) is 1. The maximum Gasteiger partial charge on any atom is 0.0282 e. The molecule has 1 aromatic rings. The number of hydrogen-bond donors (Lipinski definition) is 1. The molecule has 0 saturated carbocycles. The van der Waals surface area contributed by atoms with Gasteiger partial charge in [0.15, 0.2) is 0 Å². The summed E-state index contributed by atoms with van der Waals surface area (Å²) < 4.78 is 0. The van der Waals surface area contributed by atoms with Gasteiger partial charge in [0.25, 0.3) is 0 Å². The van der Waals surface area contributed by atoms with Crippen LogP contribution in [0.3, 0.4) is 0 Å². The standard InChI is InChI=1S/C16H26N2/c1-13-8-6-7-9-14(13)10-18-12-15(2,3)17-11-16(18,4)5/h6-9,17H,10-12H2,1-5H3. The van der Waals surface area contributed by atoms with Crippen LogP contribution in [0.25, 0.3) is 0 Å². The molecule has 0 bridgehead atoms. The third-order valence-electron chi connectivity index (χ3n) is 4.06. The molecule has 0 aliphatic carbocycles. The van der Waals surface area contributed by atoms with Gasteiger partial charge in [0.1, 0.15) is 0 Å². The summed E-state index contributed by atoms with van der Waals surface area (Å²) in [5.41, 5.74) is 3.27. The Hall–Kier alpha value is -0.860. The van der Waals surface area contributed by atoms with E-state index < -0.39 is 0 Å². The van der Waals surface area contributed by atoms with Crippen LogP contribution in [0.1, 0.15) is 38.8 Å². The number of aryl methyl sites for hydroxylation is 1. The van der Waals surface area contributed by atoms with Crippen LogP contribution in [0, 0.1) is 6.92 Å². The van der Waals surface area contributed by atoms with E-state index in [1.807, 2.05) is 0 Å². The second-order valence-electron chi connectivity index (χ2n) is 6.83. The van der Waals surface area contributed by atoms with Gasteiger partial charge in [-0.3, -0.25) is 4.90 Å². The molecule has 2 rings (SSSR count). The van der Waals surface area contributed by atoms with Gasteiger partial charge in [-0.15, -0.1) is 0 Å². The first-order chi connectivity index (χ1) is 8.30. The highest BCUT2D eigenvalue weighted by Gasteiger charge is 2.37. The molecular formula is C16H26N2. The van der Waals surface area contributed by atoms with Crippen molar-refractivity contribution in [2.75, 3.05) is 13.1 Å². The Morgan fingerprint density at radius 2 is 1.83 bits per heavy atom. The lowest BCUT2D eigenvalue weighted by molar-refractivity contribution is 0.0322. The summed E-state index contributed by atoms with van der Waals surface area (Å²) in [7, 11) is 0. The van der Waals surface area contributed by atoms with Gasteiger partial charge in [-0.25, -0.2) is 0 Å².